The molecule has 2 aromatic carbocycles. The Morgan fingerprint density at radius 1 is 0.628 bits per heavy atom. The molecule has 0 aliphatic rings. The molecule has 0 unspecified atom stereocenters. The van der Waals surface area contributed by atoms with Gasteiger partial charge in [-0.25, -0.2) is 4.79 Å². The van der Waals surface area contributed by atoms with Gasteiger partial charge in [-0.15, -0.1) is 0 Å². The van der Waals surface area contributed by atoms with Crippen molar-refractivity contribution < 1.29 is 75.4 Å². The van der Waals surface area contributed by atoms with Crippen LogP contribution in [0.5, 0.6) is 0 Å². The van der Waals surface area contributed by atoms with Gasteiger partial charge >= 0.3 is 47.7 Å². The summed E-state index contributed by atoms with van der Waals surface area (Å²) >= 11 is 0. The summed E-state index contributed by atoms with van der Waals surface area (Å²) < 4.78 is 203. The van der Waals surface area contributed by atoms with Crippen LogP contribution in [0, 0.1) is 5.92 Å². The van der Waals surface area contributed by atoms with Crippen LogP contribution in [0.3, 0.4) is 0 Å². The monoisotopic (exact) mass is 650 g/mol. The number of carbonyl (C=O) groups excluding carboxylic acids is 1. The molecule has 0 N–H and O–H groups in total. The molecule has 0 aliphatic heterocycles. The molecule has 0 aliphatic carbocycles. The number of esters is 1. The second-order valence-corrected chi connectivity index (χ2v) is 9.64. The van der Waals surface area contributed by atoms with Gasteiger partial charge in [0.1, 0.15) is 0 Å². The van der Waals surface area contributed by atoms with Crippen LogP contribution in [0.1, 0.15) is 36.2 Å². The van der Waals surface area contributed by atoms with E-state index in [0.717, 1.165) is 30.5 Å². The van der Waals surface area contributed by atoms with Gasteiger partial charge in [-0.3, -0.25) is 0 Å². The number of hydrogen-bond donors (Lipinski definition) is 0. The van der Waals surface area contributed by atoms with Crippen LogP contribution in [0.25, 0.3) is 11.1 Å². The number of rotatable bonds is 12. The van der Waals surface area contributed by atoms with Crippen molar-refractivity contribution in [2.45, 2.75) is 68.4 Å². The second kappa shape index (κ2) is 11.7. The minimum absolute atomic E-state index is 0.409. The van der Waals surface area contributed by atoms with Crippen LogP contribution in [0.2, 0.25) is 0 Å². The second-order valence-electron chi connectivity index (χ2n) is 9.64. The van der Waals surface area contributed by atoms with E-state index in [1.54, 1.807) is 12.1 Å². The van der Waals surface area contributed by atoms with Crippen LogP contribution in [-0.2, 0) is 11.2 Å². The Morgan fingerprint density at radius 2 is 1.02 bits per heavy atom. The minimum atomic E-state index is -8.40. The largest absolute Gasteiger partial charge is 0.460 e. The Hall–Kier alpha value is -3.14. The number of halogens is 15. The molecule has 17 heteroatoms. The molecule has 0 spiro atoms. The van der Waals surface area contributed by atoms with Gasteiger partial charge in [0.2, 0.25) is 0 Å². The molecule has 242 valence electrons. The van der Waals surface area contributed by atoms with Gasteiger partial charge < -0.3 is 4.74 Å². The first-order valence-electron chi connectivity index (χ1n) is 12.0. The van der Waals surface area contributed by atoms with Gasteiger partial charge in [0.05, 0.1) is 5.56 Å². The lowest BCUT2D eigenvalue weighted by atomic mass is 9.91. The van der Waals surface area contributed by atoms with Crippen LogP contribution in [-0.4, -0.2) is 54.3 Å². The van der Waals surface area contributed by atoms with Crippen LogP contribution < -0.4 is 0 Å². The standard InChI is InChI=1S/C26H21F15O2/c1-3-14(2)12-15-4-6-16(7-5-15)17-8-10-18(11-9-17)19(42)43-13-20(27,28)21(29,30)22(31,32)23(33,34)24(35,36)25(37,38)26(39,40)41/h4-11,14H,3,12-13H2,1-2H3/t14-/m0/s1. The molecule has 0 radical (unpaired) electrons. The maximum absolute atomic E-state index is 13.9. The molecule has 0 amide bonds. The molecule has 0 aromatic heterocycles. The number of alkyl halides is 15. The molecular formula is C26H21F15O2. The van der Waals surface area contributed by atoms with E-state index in [4.69, 9.17) is 0 Å². The van der Waals surface area contributed by atoms with Gasteiger partial charge in [-0.2, -0.15) is 65.9 Å². The Kier molecular flexibility index (Phi) is 9.85. The normalized spacial score (nSPS) is 14.9. The van der Waals surface area contributed by atoms with E-state index in [9.17, 15) is 70.7 Å². The SMILES string of the molecule is CC[C@H](C)Cc1ccc(-c2ccc(C(=O)OCC(F)(F)C(F)(F)C(F)(F)C(F)(F)C(F)(F)C(F)(F)C(F)(F)F)cc2)cc1. The smallest absolute Gasteiger partial charge is 0.455 e. The van der Waals surface area contributed by atoms with E-state index >= 15 is 0 Å². The molecule has 1 atom stereocenters. The van der Waals surface area contributed by atoms with E-state index in [1.807, 2.05) is 26.0 Å². The van der Waals surface area contributed by atoms with Crippen molar-refractivity contribution in [2.24, 2.45) is 5.92 Å². The van der Waals surface area contributed by atoms with Crippen molar-refractivity contribution >= 4 is 5.97 Å². The lowest BCUT2D eigenvalue weighted by molar-refractivity contribution is -0.453. The highest BCUT2D eigenvalue weighted by molar-refractivity contribution is 5.90. The van der Waals surface area contributed by atoms with Crippen molar-refractivity contribution in [3.8, 4) is 11.1 Å². The molecular weight excluding hydrogens is 629 g/mol. The first kappa shape index (κ1) is 36.1. The van der Waals surface area contributed by atoms with Crippen molar-refractivity contribution in [3.05, 3.63) is 59.7 Å². The Balaban J connectivity index is 2.22. The van der Waals surface area contributed by atoms with Gasteiger partial charge in [0, 0.05) is 0 Å². The number of benzene rings is 2. The molecule has 0 bridgehead atoms. The highest BCUT2D eigenvalue weighted by atomic mass is 19.4. The van der Waals surface area contributed by atoms with Crippen molar-refractivity contribution in [3.63, 3.8) is 0 Å². The highest BCUT2D eigenvalue weighted by Crippen LogP contribution is 2.62. The molecule has 2 aromatic rings. The van der Waals surface area contributed by atoms with Crippen molar-refractivity contribution in [1.29, 1.82) is 0 Å². The van der Waals surface area contributed by atoms with Gasteiger partial charge in [0.25, 0.3) is 0 Å². The topological polar surface area (TPSA) is 26.3 Å². The van der Waals surface area contributed by atoms with Crippen LogP contribution >= 0.6 is 0 Å². The maximum Gasteiger partial charge on any atom is 0.460 e. The third-order valence-corrected chi connectivity index (χ3v) is 6.47. The molecule has 43 heavy (non-hydrogen) atoms. The van der Waals surface area contributed by atoms with Gasteiger partial charge in [-0.1, -0.05) is 56.7 Å². The average molecular weight is 650 g/mol. The third kappa shape index (κ3) is 6.40. The summed E-state index contributed by atoms with van der Waals surface area (Å²) in [5.74, 6) is -49.0. The summed E-state index contributed by atoms with van der Waals surface area (Å²) in [5, 5.41) is 0. The summed E-state index contributed by atoms with van der Waals surface area (Å²) in [6.45, 7) is 0.868. The summed E-state index contributed by atoms with van der Waals surface area (Å²) in [6.07, 6.45) is -5.96. The van der Waals surface area contributed by atoms with Crippen molar-refractivity contribution in [2.75, 3.05) is 6.61 Å². The molecule has 0 heterocycles. The molecule has 0 saturated carbocycles. The summed E-state index contributed by atoms with van der Waals surface area (Å²) in [6, 6.07) is 11.3. The highest BCUT2D eigenvalue weighted by Gasteiger charge is 2.93. The fourth-order valence-electron chi connectivity index (χ4n) is 3.51. The molecule has 0 saturated heterocycles. The zero-order valence-corrected chi connectivity index (χ0v) is 21.8. The third-order valence-electron chi connectivity index (χ3n) is 6.47. The zero-order valence-electron chi connectivity index (χ0n) is 21.8. The van der Waals surface area contributed by atoms with E-state index in [1.165, 1.54) is 12.1 Å². The molecule has 2 nitrogen and oxygen atoms in total. The lowest BCUT2D eigenvalue weighted by Gasteiger charge is -2.41. The summed E-state index contributed by atoms with van der Waals surface area (Å²) in [4.78, 5) is 12.0. The Morgan fingerprint density at radius 3 is 1.44 bits per heavy atom. The first-order valence-corrected chi connectivity index (χ1v) is 12.0. The fourth-order valence-corrected chi connectivity index (χ4v) is 3.51. The Bertz CT molecular complexity index is 1250. The lowest BCUT2D eigenvalue weighted by Crippen LogP contribution is -2.73. The quantitative estimate of drug-likeness (QED) is 0.169. The average Bonchev–Trinajstić information content (AvgIpc) is 2.91. The van der Waals surface area contributed by atoms with Crippen LogP contribution in [0.4, 0.5) is 65.9 Å². The first-order chi connectivity index (χ1) is 19.3. The van der Waals surface area contributed by atoms with E-state index in [-0.39, 0.29) is 0 Å². The van der Waals surface area contributed by atoms with Gasteiger partial charge in [0.15, 0.2) is 6.61 Å². The summed E-state index contributed by atoms with van der Waals surface area (Å²) in [7, 11) is 0. The summed E-state index contributed by atoms with van der Waals surface area (Å²) in [5.41, 5.74) is 1.40. The predicted molar refractivity (Wildman–Crippen MR) is 121 cm³/mol. The number of carbonyl (C=O) groups is 1. The molecule has 0 fully saturated rings. The van der Waals surface area contributed by atoms with Crippen LogP contribution in [0.15, 0.2) is 48.5 Å². The zero-order chi connectivity index (χ0) is 33.4. The molecule has 2 rings (SSSR count). The number of ether oxygens (including phenoxy) is 1. The number of hydrogen-bond acceptors (Lipinski definition) is 2. The minimum Gasteiger partial charge on any atom is -0.455 e. The fraction of sp³-hybridized carbons (Fsp3) is 0.500. The Labute approximate surface area is 233 Å². The van der Waals surface area contributed by atoms with E-state index < -0.39 is 59.9 Å². The maximum atomic E-state index is 13.9. The van der Waals surface area contributed by atoms with E-state index in [0.29, 0.717) is 17.0 Å². The predicted octanol–water partition coefficient (Wildman–Crippen LogP) is 9.47. The van der Waals surface area contributed by atoms with Crippen molar-refractivity contribution in [1.82, 2.24) is 0 Å². The van der Waals surface area contributed by atoms with E-state index in [2.05, 4.69) is 4.74 Å². The van der Waals surface area contributed by atoms with Gasteiger partial charge in [-0.05, 0) is 41.2 Å².